The molecular weight excluding hydrogens is 234 g/mol. The minimum absolute atomic E-state index is 0.398. The van der Waals surface area contributed by atoms with Crippen LogP contribution in [0.3, 0.4) is 0 Å². The van der Waals surface area contributed by atoms with Crippen LogP contribution in [-0.2, 0) is 4.79 Å². The van der Waals surface area contributed by atoms with Gasteiger partial charge in [0.1, 0.15) is 6.04 Å². The minimum atomic E-state index is -1.03. The molecule has 0 spiro atoms. The van der Waals surface area contributed by atoms with E-state index in [4.69, 9.17) is 5.11 Å². The highest BCUT2D eigenvalue weighted by Crippen LogP contribution is 2.05. The molecule has 0 saturated heterocycles. The molecule has 6 heteroatoms. The summed E-state index contributed by atoms with van der Waals surface area (Å²) in [6.07, 6.45) is 2.60. The van der Waals surface area contributed by atoms with Gasteiger partial charge in [-0.3, -0.25) is 4.98 Å². The number of aryl methyl sites for hydroxylation is 1. The Hall–Kier alpha value is -2.11. The number of rotatable bonds is 5. The van der Waals surface area contributed by atoms with Gasteiger partial charge >= 0.3 is 12.0 Å². The van der Waals surface area contributed by atoms with Crippen LogP contribution in [0.4, 0.5) is 10.5 Å². The standard InChI is InChI=1S/C12H17N3O3/c1-3-4-10(11(16)17)15-12(18)14-9-6-5-8(2)13-7-9/h5-7,10H,3-4H2,1-2H3,(H,16,17)(H2,14,15,18). The number of aliphatic carboxylic acids is 1. The van der Waals surface area contributed by atoms with Gasteiger partial charge in [-0.25, -0.2) is 9.59 Å². The fourth-order valence-electron chi connectivity index (χ4n) is 1.41. The van der Waals surface area contributed by atoms with E-state index >= 15 is 0 Å². The number of pyridine rings is 1. The van der Waals surface area contributed by atoms with Crippen molar-refractivity contribution in [2.24, 2.45) is 0 Å². The molecule has 3 N–H and O–H groups in total. The van der Waals surface area contributed by atoms with Crippen molar-refractivity contribution < 1.29 is 14.7 Å². The molecule has 1 atom stereocenters. The first kappa shape index (κ1) is 14.0. The fourth-order valence-corrected chi connectivity index (χ4v) is 1.41. The van der Waals surface area contributed by atoms with Crippen LogP contribution in [0.5, 0.6) is 0 Å². The predicted molar refractivity (Wildman–Crippen MR) is 67.5 cm³/mol. The number of amides is 2. The highest BCUT2D eigenvalue weighted by atomic mass is 16.4. The Labute approximate surface area is 105 Å². The lowest BCUT2D eigenvalue weighted by Crippen LogP contribution is -2.42. The molecule has 0 aliphatic rings. The van der Waals surface area contributed by atoms with Crippen LogP contribution < -0.4 is 10.6 Å². The zero-order valence-electron chi connectivity index (χ0n) is 10.4. The number of carbonyl (C=O) groups excluding carboxylic acids is 1. The molecule has 98 valence electrons. The monoisotopic (exact) mass is 251 g/mol. The molecule has 2 amide bonds. The second kappa shape index (κ2) is 6.58. The third kappa shape index (κ3) is 4.40. The first-order valence-corrected chi connectivity index (χ1v) is 5.76. The summed E-state index contributed by atoms with van der Waals surface area (Å²) in [5.41, 5.74) is 1.37. The number of carboxylic acids is 1. The number of nitrogens with zero attached hydrogens (tertiary/aromatic N) is 1. The molecule has 0 fully saturated rings. The van der Waals surface area contributed by atoms with Crippen LogP contribution in [0.25, 0.3) is 0 Å². The molecule has 0 aliphatic heterocycles. The summed E-state index contributed by atoms with van der Waals surface area (Å²) in [6, 6.07) is 2.06. The van der Waals surface area contributed by atoms with Crippen molar-refractivity contribution in [3.05, 3.63) is 24.0 Å². The maximum absolute atomic E-state index is 11.6. The number of carboxylic acid groups (broad SMARTS) is 1. The Morgan fingerprint density at radius 3 is 2.67 bits per heavy atom. The quantitative estimate of drug-likeness (QED) is 0.743. The first-order chi connectivity index (χ1) is 8.52. The summed E-state index contributed by atoms with van der Waals surface area (Å²) < 4.78 is 0. The van der Waals surface area contributed by atoms with Crippen LogP contribution in [0.2, 0.25) is 0 Å². The molecule has 0 aromatic carbocycles. The summed E-state index contributed by atoms with van der Waals surface area (Å²) in [5, 5.41) is 13.8. The molecule has 1 heterocycles. The smallest absolute Gasteiger partial charge is 0.326 e. The number of hydrogen-bond donors (Lipinski definition) is 3. The van der Waals surface area contributed by atoms with E-state index in [1.165, 1.54) is 6.20 Å². The predicted octanol–water partition coefficient (Wildman–Crippen LogP) is 1.76. The van der Waals surface area contributed by atoms with E-state index in [1.807, 2.05) is 13.8 Å². The maximum atomic E-state index is 11.6. The summed E-state index contributed by atoms with van der Waals surface area (Å²) in [6.45, 7) is 3.70. The van der Waals surface area contributed by atoms with E-state index in [1.54, 1.807) is 12.1 Å². The molecule has 1 unspecified atom stereocenters. The van der Waals surface area contributed by atoms with Crippen molar-refractivity contribution in [3.63, 3.8) is 0 Å². The lowest BCUT2D eigenvalue weighted by atomic mass is 10.2. The van der Waals surface area contributed by atoms with E-state index in [0.29, 0.717) is 18.5 Å². The highest BCUT2D eigenvalue weighted by molar-refractivity contribution is 5.92. The third-order valence-electron chi connectivity index (χ3n) is 2.35. The second-order valence-electron chi connectivity index (χ2n) is 3.97. The molecule has 18 heavy (non-hydrogen) atoms. The summed E-state index contributed by atoms with van der Waals surface area (Å²) in [7, 11) is 0. The number of urea groups is 1. The zero-order chi connectivity index (χ0) is 13.5. The van der Waals surface area contributed by atoms with Crippen molar-refractivity contribution in [1.82, 2.24) is 10.3 Å². The molecule has 0 saturated carbocycles. The number of carbonyl (C=O) groups is 2. The zero-order valence-corrected chi connectivity index (χ0v) is 10.4. The molecule has 1 aromatic heterocycles. The summed E-state index contributed by atoms with van der Waals surface area (Å²) in [5.74, 6) is -1.03. The molecule has 0 aliphatic carbocycles. The van der Waals surface area contributed by atoms with E-state index in [2.05, 4.69) is 15.6 Å². The number of aromatic nitrogens is 1. The fraction of sp³-hybridized carbons (Fsp3) is 0.417. The Morgan fingerprint density at radius 2 is 2.17 bits per heavy atom. The van der Waals surface area contributed by atoms with Crippen LogP contribution in [0.15, 0.2) is 18.3 Å². The van der Waals surface area contributed by atoms with E-state index < -0.39 is 18.0 Å². The molecule has 6 nitrogen and oxygen atoms in total. The van der Waals surface area contributed by atoms with Gasteiger partial charge in [-0.05, 0) is 25.5 Å². The van der Waals surface area contributed by atoms with Gasteiger partial charge in [0, 0.05) is 5.69 Å². The molecule has 0 bridgehead atoms. The van der Waals surface area contributed by atoms with Crippen molar-refractivity contribution in [2.45, 2.75) is 32.7 Å². The molecule has 1 aromatic rings. The van der Waals surface area contributed by atoms with E-state index in [0.717, 1.165) is 5.69 Å². The molecule has 1 rings (SSSR count). The van der Waals surface area contributed by atoms with Gasteiger partial charge < -0.3 is 15.7 Å². The average molecular weight is 251 g/mol. The van der Waals surface area contributed by atoms with Crippen LogP contribution in [0.1, 0.15) is 25.5 Å². The SMILES string of the molecule is CCCC(NC(=O)Nc1ccc(C)nc1)C(=O)O. The van der Waals surface area contributed by atoms with Gasteiger partial charge in [0.05, 0.1) is 11.9 Å². The highest BCUT2D eigenvalue weighted by Gasteiger charge is 2.18. The lowest BCUT2D eigenvalue weighted by molar-refractivity contribution is -0.139. The summed E-state index contributed by atoms with van der Waals surface area (Å²) >= 11 is 0. The van der Waals surface area contributed by atoms with Crippen molar-refractivity contribution in [1.29, 1.82) is 0 Å². The number of nitrogens with one attached hydrogen (secondary N) is 2. The van der Waals surface area contributed by atoms with Gasteiger partial charge in [-0.15, -0.1) is 0 Å². The third-order valence-corrected chi connectivity index (χ3v) is 2.35. The number of hydrogen-bond acceptors (Lipinski definition) is 3. The Kier molecular flexibility index (Phi) is 5.10. The van der Waals surface area contributed by atoms with Gasteiger partial charge in [0.2, 0.25) is 0 Å². The normalized spacial score (nSPS) is 11.7. The Bertz CT molecular complexity index is 417. The summed E-state index contributed by atoms with van der Waals surface area (Å²) in [4.78, 5) is 26.5. The lowest BCUT2D eigenvalue weighted by Gasteiger charge is -2.14. The average Bonchev–Trinajstić information content (AvgIpc) is 2.31. The van der Waals surface area contributed by atoms with Crippen molar-refractivity contribution >= 4 is 17.7 Å². The van der Waals surface area contributed by atoms with Gasteiger partial charge in [0.15, 0.2) is 0 Å². The van der Waals surface area contributed by atoms with Crippen LogP contribution >= 0.6 is 0 Å². The Morgan fingerprint density at radius 1 is 1.44 bits per heavy atom. The van der Waals surface area contributed by atoms with E-state index in [-0.39, 0.29) is 0 Å². The van der Waals surface area contributed by atoms with Crippen LogP contribution in [-0.4, -0.2) is 28.1 Å². The maximum Gasteiger partial charge on any atom is 0.326 e. The number of anilines is 1. The van der Waals surface area contributed by atoms with Gasteiger partial charge in [-0.1, -0.05) is 13.3 Å². The minimum Gasteiger partial charge on any atom is -0.480 e. The van der Waals surface area contributed by atoms with Crippen molar-refractivity contribution in [2.75, 3.05) is 5.32 Å². The van der Waals surface area contributed by atoms with E-state index in [9.17, 15) is 9.59 Å². The van der Waals surface area contributed by atoms with Gasteiger partial charge in [-0.2, -0.15) is 0 Å². The molecular formula is C12H17N3O3. The molecule has 0 radical (unpaired) electrons. The largest absolute Gasteiger partial charge is 0.480 e. The second-order valence-corrected chi connectivity index (χ2v) is 3.97. The van der Waals surface area contributed by atoms with Crippen molar-refractivity contribution in [3.8, 4) is 0 Å². The van der Waals surface area contributed by atoms with Gasteiger partial charge in [0.25, 0.3) is 0 Å². The van der Waals surface area contributed by atoms with Crippen LogP contribution in [0, 0.1) is 6.92 Å². The Balaban J connectivity index is 2.54. The topological polar surface area (TPSA) is 91.3 Å². The first-order valence-electron chi connectivity index (χ1n) is 5.76.